The van der Waals surface area contributed by atoms with Gasteiger partial charge < -0.3 is 24.8 Å². The Bertz CT molecular complexity index is 1090. The summed E-state index contributed by atoms with van der Waals surface area (Å²) in [6.45, 7) is 3.79. The van der Waals surface area contributed by atoms with Crippen molar-refractivity contribution in [3.05, 3.63) is 38.8 Å². The number of rotatable bonds is 7. The first-order valence-electron chi connectivity index (χ1n) is 12.2. The van der Waals surface area contributed by atoms with Crippen LogP contribution in [0.4, 0.5) is 13.2 Å². The van der Waals surface area contributed by atoms with Gasteiger partial charge in [0.25, 0.3) is 0 Å². The SMILES string of the molecule is C[C@H]1C[C@@]2(CCN1Cc1cnn(CC(O)CC3(O)COC3)c1)OCCc1c2sc(C(F)(F)F)c1CO. The van der Waals surface area contributed by atoms with Crippen molar-refractivity contribution in [1.82, 2.24) is 14.7 Å². The number of hydrogen-bond donors (Lipinski definition) is 3. The van der Waals surface area contributed by atoms with Crippen LogP contribution in [-0.2, 0) is 47.4 Å². The van der Waals surface area contributed by atoms with Crippen LogP contribution in [0.25, 0.3) is 0 Å². The highest BCUT2D eigenvalue weighted by Crippen LogP contribution is 2.51. The van der Waals surface area contributed by atoms with Crippen molar-refractivity contribution in [3.63, 3.8) is 0 Å². The number of nitrogens with zero attached hydrogens (tertiary/aromatic N) is 3. The van der Waals surface area contributed by atoms with Crippen LogP contribution in [0.2, 0.25) is 0 Å². The van der Waals surface area contributed by atoms with E-state index < -0.39 is 35.0 Å². The number of hydrogen-bond acceptors (Lipinski definition) is 8. The molecule has 2 fully saturated rings. The van der Waals surface area contributed by atoms with Gasteiger partial charge in [0.1, 0.15) is 16.1 Å². The van der Waals surface area contributed by atoms with Gasteiger partial charge in [-0.2, -0.15) is 18.3 Å². The van der Waals surface area contributed by atoms with E-state index in [4.69, 9.17) is 9.47 Å². The molecule has 0 aliphatic carbocycles. The smallest absolute Gasteiger partial charge is 0.392 e. The number of aliphatic hydroxyl groups excluding tert-OH is 2. The van der Waals surface area contributed by atoms with Crippen molar-refractivity contribution >= 4 is 11.3 Å². The average molecular weight is 532 g/mol. The lowest BCUT2D eigenvalue weighted by atomic mass is 9.81. The maximum Gasteiger partial charge on any atom is 0.425 e. The summed E-state index contributed by atoms with van der Waals surface area (Å²) in [5, 5.41) is 34.5. The topological polar surface area (TPSA) is 100 Å². The predicted molar refractivity (Wildman–Crippen MR) is 124 cm³/mol. The molecule has 12 heteroatoms. The molecule has 2 aromatic rings. The zero-order valence-electron chi connectivity index (χ0n) is 20.1. The molecule has 8 nitrogen and oxygen atoms in total. The second kappa shape index (κ2) is 9.64. The third kappa shape index (κ3) is 4.96. The van der Waals surface area contributed by atoms with Crippen molar-refractivity contribution in [3.8, 4) is 0 Å². The van der Waals surface area contributed by atoms with Crippen LogP contribution in [0, 0.1) is 0 Å². The molecule has 3 aliphatic heterocycles. The van der Waals surface area contributed by atoms with Crippen molar-refractivity contribution in [2.45, 2.75) is 81.8 Å². The molecule has 0 radical (unpaired) electrons. The summed E-state index contributed by atoms with van der Waals surface area (Å²) < 4.78 is 53.8. The number of ether oxygens (including phenoxy) is 2. The lowest BCUT2D eigenvalue weighted by molar-refractivity contribution is -0.192. The van der Waals surface area contributed by atoms with E-state index >= 15 is 0 Å². The van der Waals surface area contributed by atoms with Gasteiger partial charge in [0.05, 0.1) is 45.3 Å². The molecule has 3 N–H and O–H groups in total. The van der Waals surface area contributed by atoms with Crippen molar-refractivity contribution in [2.24, 2.45) is 0 Å². The number of alkyl halides is 3. The quantitative estimate of drug-likeness (QED) is 0.505. The number of halogens is 3. The summed E-state index contributed by atoms with van der Waals surface area (Å²) in [5.74, 6) is 0. The summed E-state index contributed by atoms with van der Waals surface area (Å²) in [6, 6.07) is 0.0560. The fourth-order valence-corrected chi connectivity index (χ4v) is 7.17. The molecule has 0 amide bonds. The second-order valence-electron chi connectivity index (χ2n) is 10.4. The Kier molecular flexibility index (Phi) is 6.99. The van der Waals surface area contributed by atoms with Gasteiger partial charge in [-0.1, -0.05) is 0 Å². The number of piperidine rings is 1. The monoisotopic (exact) mass is 531 g/mol. The molecule has 1 unspecified atom stereocenters. The molecule has 36 heavy (non-hydrogen) atoms. The fourth-order valence-electron chi connectivity index (χ4n) is 5.76. The van der Waals surface area contributed by atoms with E-state index in [9.17, 15) is 28.5 Å². The van der Waals surface area contributed by atoms with Gasteiger partial charge in [-0.05, 0) is 31.7 Å². The van der Waals surface area contributed by atoms with E-state index in [2.05, 4.69) is 16.9 Å². The summed E-state index contributed by atoms with van der Waals surface area (Å²) in [7, 11) is 0. The highest BCUT2D eigenvalue weighted by atomic mass is 32.1. The van der Waals surface area contributed by atoms with Crippen LogP contribution in [0.3, 0.4) is 0 Å². The minimum absolute atomic E-state index is 0.00631. The molecule has 2 saturated heterocycles. The van der Waals surface area contributed by atoms with Crippen molar-refractivity contribution < 1.29 is 38.0 Å². The van der Waals surface area contributed by atoms with Crippen LogP contribution in [0.5, 0.6) is 0 Å². The molecule has 5 rings (SSSR count). The molecule has 0 bridgehead atoms. The number of aromatic nitrogens is 2. The lowest BCUT2D eigenvalue weighted by Crippen LogP contribution is -2.52. The van der Waals surface area contributed by atoms with Crippen molar-refractivity contribution in [2.75, 3.05) is 26.4 Å². The predicted octanol–water partition coefficient (Wildman–Crippen LogP) is 2.42. The van der Waals surface area contributed by atoms with Gasteiger partial charge >= 0.3 is 6.18 Å². The highest BCUT2D eigenvalue weighted by molar-refractivity contribution is 7.12. The van der Waals surface area contributed by atoms with Gasteiger partial charge in [-0.3, -0.25) is 9.58 Å². The summed E-state index contributed by atoms with van der Waals surface area (Å²) in [5.41, 5.74) is -0.135. The third-order valence-electron chi connectivity index (χ3n) is 7.55. The van der Waals surface area contributed by atoms with Crippen LogP contribution < -0.4 is 0 Å². The molecule has 0 saturated carbocycles. The molecule has 3 atom stereocenters. The van der Waals surface area contributed by atoms with Gasteiger partial charge in [-0.25, -0.2) is 0 Å². The molecule has 5 heterocycles. The van der Waals surface area contributed by atoms with E-state index in [0.717, 1.165) is 16.9 Å². The third-order valence-corrected chi connectivity index (χ3v) is 9.06. The molecular weight excluding hydrogens is 499 g/mol. The summed E-state index contributed by atoms with van der Waals surface area (Å²) >= 11 is 0.733. The maximum absolute atomic E-state index is 13.7. The largest absolute Gasteiger partial charge is 0.425 e. The summed E-state index contributed by atoms with van der Waals surface area (Å²) in [6.07, 6.45) is 0.136. The normalized spacial score (nSPS) is 27.1. The Morgan fingerprint density at radius 1 is 1.33 bits per heavy atom. The number of thiophene rings is 1. The Hall–Kier alpha value is -1.54. The molecular formula is C24H32F3N3O5S. The molecule has 200 valence electrons. The molecule has 1 spiro atoms. The van der Waals surface area contributed by atoms with Gasteiger partial charge in [0.15, 0.2) is 0 Å². The van der Waals surface area contributed by atoms with Gasteiger partial charge in [0.2, 0.25) is 0 Å². The lowest BCUT2D eigenvalue weighted by Gasteiger charge is -2.47. The van der Waals surface area contributed by atoms with E-state index in [1.165, 1.54) is 0 Å². The Labute approximate surface area is 211 Å². The van der Waals surface area contributed by atoms with Crippen molar-refractivity contribution in [1.29, 1.82) is 0 Å². The minimum Gasteiger partial charge on any atom is -0.392 e. The fraction of sp³-hybridized carbons (Fsp3) is 0.708. The first kappa shape index (κ1) is 26.1. The zero-order chi connectivity index (χ0) is 25.7. The van der Waals surface area contributed by atoms with E-state index in [1.54, 1.807) is 10.9 Å². The Morgan fingerprint density at radius 3 is 2.75 bits per heavy atom. The zero-order valence-corrected chi connectivity index (χ0v) is 20.9. The maximum atomic E-state index is 13.7. The number of fused-ring (bicyclic) bond motifs is 2. The molecule has 3 aliphatic rings. The van der Waals surface area contributed by atoms with Gasteiger partial charge in [-0.15, -0.1) is 11.3 Å². The molecule has 2 aromatic heterocycles. The standard InChI is InChI=1S/C24H32F3N3O5S/c1-15-6-23(20-18(2-5-35-23)19(12-31)21(36-20)24(25,26)27)3-4-29(15)9-16-8-28-30(10-16)11-17(32)7-22(33)13-34-14-22/h8,10,15,17,31-33H,2-7,9,11-14H2,1H3/t15-,17?,23+/m0/s1. The minimum atomic E-state index is -4.50. The van der Waals surface area contributed by atoms with E-state index in [1.807, 2.05) is 6.20 Å². The second-order valence-corrected chi connectivity index (χ2v) is 11.4. The van der Waals surface area contributed by atoms with Crippen LogP contribution >= 0.6 is 11.3 Å². The highest BCUT2D eigenvalue weighted by Gasteiger charge is 2.48. The van der Waals surface area contributed by atoms with E-state index in [0.29, 0.717) is 49.4 Å². The number of aliphatic hydroxyl groups is 3. The van der Waals surface area contributed by atoms with Gasteiger partial charge in [0, 0.05) is 47.8 Å². The summed E-state index contributed by atoms with van der Waals surface area (Å²) in [4.78, 5) is 2.18. The first-order valence-corrected chi connectivity index (χ1v) is 13.0. The Morgan fingerprint density at radius 2 is 2.11 bits per heavy atom. The average Bonchev–Trinajstić information content (AvgIpc) is 3.39. The van der Waals surface area contributed by atoms with E-state index in [-0.39, 0.29) is 37.8 Å². The number of likely N-dealkylation sites (tertiary alicyclic amines) is 1. The van der Waals surface area contributed by atoms with Crippen LogP contribution in [-0.4, -0.2) is 74.1 Å². The Balaban J connectivity index is 1.25. The van der Waals surface area contributed by atoms with Crippen LogP contribution in [0.15, 0.2) is 12.4 Å². The molecule has 0 aromatic carbocycles. The first-order chi connectivity index (χ1) is 17.0. The van der Waals surface area contributed by atoms with Crippen LogP contribution in [0.1, 0.15) is 52.6 Å².